The van der Waals surface area contributed by atoms with Crippen molar-refractivity contribution in [2.75, 3.05) is 6.54 Å². The fraction of sp³-hybridized carbons (Fsp3) is 0.278. The van der Waals surface area contributed by atoms with Gasteiger partial charge in [0.1, 0.15) is 0 Å². The Kier molecular flexibility index (Phi) is 5.98. The molecule has 1 unspecified atom stereocenters. The molecule has 2 rings (SSSR count). The third-order valence-electron chi connectivity index (χ3n) is 3.52. The first kappa shape index (κ1) is 18.0. The van der Waals surface area contributed by atoms with Crippen molar-refractivity contribution in [3.63, 3.8) is 0 Å². The number of aliphatic hydroxyl groups is 1. The van der Waals surface area contributed by atoms with Crippen molar-refractivity contribution < 1.29 is 23.1 Å². The van der Waals surface area contributed by atoms with E-state index in [-0.39, 0.29) is 18.5 Å². The van der Waals surface area contributed by atoms with E-state index in [2.05, 4.69) is 5.32 Å². The summed E-state index contributed by atoms with van der Waals surface area (Å²) in [7, 11) is 0. The molecule has 0 saturated heterocycles. The largest absolute Gasteiger partial charge is 0.416 e. The van der Waals surface area contributed by atoms with Crippen LogP contribution in [0.15, 0.2) is 54.6 Å². The summed E-state index contributed by atoms with van der Waals surface area (Å²) in [5.74, 6) is -0.557. The number of rotatable bonds is 6. The first-order chi connectivity index (χ1) is 11.4. The number of carbonyl (C=O) groups is 1. The van der Waals surface area contributed by atoms with Gasteiger partial charge in [-0.15, -0.1) is 0 Å². The SMILES string of the molecule is O=C(Cc1ccccc1C(F)(F)F)NCC(O)Cc1ccccc1. The summed E-state index contributed by atoms with van der Waals surface area (Å²) in [6.45, 7) is -0.0120. The summed E-state index contributed by atoms with van der Waals surface area (Å²) < 4.78 is 38.7. The Bertz CT molecular complexity index is 671. The van der Waals surface area contributed by atoms with Gasteiger partial charge in [0, 0.05) is 13.0 Å². The maximum Gasteiger partial charge on any atom is 0.416 e. The predicted octanol–water partition coefficient (Wildman–Crippen LogP) is 2.97. The van der Waals surface area contributed by atoms with Gasteiger partial charge in [-0.2, -0.15) is 13.2 Å². The fourth-order valence-electron chi connectivity index (χ4n) is 2.38. The van der Waals surface area contributed by atoms with Gasteiger partial charge in [0.05, 0.1) is 18.1 Å². The summed E-state index contributed by atoms with van der Waals surface area (Å²) in [6, 6.07) is 14.2. The summed E-state index contributed by atoms with van der Waals surface area (Å²) >= 11 is 0. The minimum atomic E-state index is -4.50. The molecule has 0 heterocycles. The molecule has 0 aliphatic rings. The van der Waals surface area contributed by atoms with E-state index in [4.69, 9.17) is 0 Å². The van der Waals surface area contributed by atoms with Crippen molar-refractivity contribution in [1.82, 2.24) is 5.32 Å². The van der Waals surface area contributed by atoms with E-state index in [0.29, 0.717) is 6.42 Å². The molecular weight excluding hydrogens is 319 g/mol. The second kappa shape index (κ2) is 7.97. The predicted molar refractivity (Wildman–Crippen MR) is 84.3 cm³/mol. The Labute approximate surface area is 138 Å². The molecule has 0 fully saturated rings. The second-order valence-electron chi connectivity index (χ2n) is 5.48. The van der Waals surface area contributed by atoms with Gasteiger partial charge in [0.25, 0.3) is 0 Å². The third kappa shape index (κ3) is 5.38. The van der Waals surface area contributed by atoms with Crippen molar-refractivity contribution in [3.05, 3.63) is 71.3 Å². The summed E-state index contributed by atoms with van der Waals surface area (Å²) in [5, 5.41) is 12.4. The van der Waals surface area contributed by atoms with Gasteiger partial charge < -0.3 is 10.4 Å². The number of hydrogen-bond acceptors (Lipinski definition) is 2. The highest BCUT2D eigenvalue weighted by Gasteiger charge is 2.33. The number of amides is 1. The Balaban J connectivity index is 1.88. The zero-order chi connectivity index (χ0) is 17.6. The number of benzene rings is 2. The summed E-state index contributed by atoms with van der Waals surface area (Å²) in [5.41, 5.74) is 0.0201. The van der Waals surface area contributed by atoms with E-state index in [9.17, 15) is 23.1 Å². The highest BCUT2D eigenvalue weighted by molar-refractivity contribution is 5.79. The van der Waals surface area contributed by atoms with Crippen molar-refractivity contribution in [2.24, 2.45) is 0 Å². The molecule has 2 N–H and O–H groups in total. The molecule has 1 amide bonds. The van der Waals surface area contributed by atoms with Crippen LogP contribution in [-0.2, 0) is 23.8 Å². The molecule has 0 radical (unpaired) electrons. The number of aliphatic hydroxyl groups excluding tert-OH is 1. The molecule has 2 aromatic rings. The molecule has 6 heteroatoms. The van der Waals surface area contributed by atoms with E-state index >= 15 is 0 Å². The Morgan fingerprint density at radius 3 is 2.33 bits per heavy atom. The average molecular weight is 337 g/mol. The van der Waals surface area contributed by atoms with Crippen LogP contribution in [0.5, 0.6) is 0 Å². The highest BCUT2D eigenvalue weighted by Crippen LogP contribution is 2.31. The molecule has 0 aliphatic heterocycles. The zero-order valence-corrected chi connectivity index (χ0v) is 12.9. The monoisotopic (exact) mass is 337 g/mol. The molecule has 0 bridgehead atoms. The lowest BCUT2D eigenvalue weighted by Crippen LogP contribution is -2.34. The topological polar surface area (TPSA) is 49.3 Å². The van der Waals surface area contributed by atoms with Crippen LogP contribution in [0.25, 0.3) is 0 Å². The Morgan fingerprint density at radius 1 is 1.04 bits per heavy atom. The lowest BCUT2D eigenvalue weighted by Gasteiger charge is -2.14. The third-order valence-corrected chi connectivity index (χ3v) is 3.52. The normalized spacial score (nSPS) is 12.7. The van der Waals surface area contributed by atoms with Crippen LogP contribution in [-0.4, -0.2) is 23.7 Å². The second-order valence-corrected chi connectivity index (χ2v) is 5.48. The lowest BCUT2D eigenvalue weighted by molar-refractivity contribution is -0.138. The number of carbonyl (C=O) groups excluding carboxylic acids is 1. The average Bonchev–Trinajstić information content (AvgIpc) is 2.53. The molecule has 0 saturated carbocycles. The van der Waals surface area contributed by atoms with Gasteiger partial charge in [-0.3, -0.25) is 4.79 Å². The van der Waals surface area contributed by atoms with Crippen molar-refractivity contribution in [2.45, 2.75) is 25.1 Å². The summed E-state index contributed by atoms with van der Waals surface area (Å²) in [4.78, 5) is 11.9. The number of hydrogen-bond donors (Lipinski definition) is 2. The van der Waals surface area contributed by atoms with E-state index < -0.39 is 23.8 Å². The van der Waals surface area contributed by atoms with E-state index in [1.807, 2.05) is 30.3 Å². The molecule has 0 aromatic heterocycles. The van der Waals surface area contributed by atoms with Crippen LogP contribution >= 0.6 is 0 Å². The standard InChI is InChI=1S/C18H18F3NO2/c19-18(20,21)16-9-5-4-8-14(16)11-17(24)22-12-15(23)10-13-6-2-1-3-7-13/h1-9,15,23H,10-12H2,(H,22,24). The van der Waals surface area contributed by atoms with Crippen LogP contribution in [0.1, 0.15) is 16.7 Å². The number of alkyl halides is 3. The van der Waals surface area contributed by atoms with Crippen molar-refractivity contribution in [1.29, 1.82) is 0 Å². The summed E-state index contributed by atoms with van der Waals surface area (Å²) in [6.07, 6.45) is -5.31. The Morgan fingerprint density at radius 2 is 1.67 bits per heavy atom. The smallest absolute Gasteiger partial charge is 0.391 e. The first-order valence-corrected chi connectivity index (χ1v) is 7.50. The fourth-order valence-corrected chi connectivity index (χ4v) is 2.38. The highest BCUT2D eigenvalue weighted by atomic mass is 19.4. The van der Waals surface area contributed by atoms with Gasteiger partial charge in [-0.1, -0.05) is 48.5 Å². The zero-order valence-electron chi connectivity index (χ0n) is 12.9. The minimum Gasteiger partial charge on any atom is -0.391 e. The number of nitrogens with one attached hydrogen (secondary N) is 1. The van der Waals surface area contributed by atoms with Crippen LogP contribution in [0, 0.1) is 0 Å². The first-order valence-electron chi connectivity index (χ1n) is 7.50. The van der Waals surface area contributed by atoms with Gasteiger partial charge in [0.15, 0.2) is 0 Å². The van der Waals surface area contributed by atoms with Gasteiger partial charge in [-0.05, 0) is 17.2 Å². The Hall–Kier alpha value is -2.34. The van der Waals surface area contributed by atoms with Crippen molar-refractivity contribution >= 4 is 5.91 Å². The van der Waals surface area contributed by atoms with E-state index in [1.54, 1.807) is 0 Å². The maximum atomic E-state index is 12.9. The van der Waals surface area contributed by atoms with E-state index in [1.165, 1.54) is 18.2 Å². The molecule has 1 atom stereocenters. The minimum absolute atomic E-state index is 0.0120. The van der Waals surface area contributed by atoms with Crippen molar-refractivity contribution in [3.8, 4) is 0 Å². The molecule has 0 spiro atoms. The molecule has 24 heavy (non-hydrogen) atoms. The van der Waals surface area contributed by atoms with Crippen LogP contribution in [0.2, 0.25) is 0 Å². The van der Waals surface area contributed by atoms with Gasteiger partial charge >= 0.3 is 6.18 Å². The van der Waals surface area contributed by atoms with Crippen LogP contribution in [0.3, 0.4) is 0 Å². The quantitative estimate of drug-likeness (QED) is 0.851. The lowest BCUT2D eigenvalue weighted by atomic mass is 10.0. The van der Waals surface area contributed by atoms with Gasteiger partial charge in [0.2, 0.25) is 5.91 Å². The number of halogens is 3. The molecule has 3 nitrogen and oxygen atoms in total. The van der Waals surface area contributed by atoms with E-state index in [0.717, 1.165) is 11.6 Å². The maximum absolute atomic E-state index is 12.9. The molecule has 0 aliphatic carbocycles. The van der Waals surface area contributed by atoms with Crippen LogP contribution in [0.4, 0.5) is 13.2 Å². The van der Waals surface area contributed by atoms with Gasteiger partial charge in [-0.25, -0.2) is 0 Å². The molecular formula is C18H18F3NO2. The van der Waals surface area contributed by atoms with Crippen LogP contribution < -0.4 is 5.32 Å². The molecule has 2 aromatic carbocycles. The molecule has 128 valence electrons.